The van der Waals surface area contributed by atoms with E-state index in [1.54, 1.807) is 0 Å². The molecule has 50 valence electrons. The molecule has 3 nitrogen and oxygen atoms in total. The number of hydrogen-bond acceptors (Lipinski definition) is 3. The second-order valence-electron chi connectivity index (χ2n) is 1.37. The van der Waals surface area contributed by atoms with Crippen molar-refractivity contribution >= 4 is 17.9 Å². The molecule has 0 aliphatic heterocycles. The summed E-state index contributed by atoms with van der Waals surface area (Å²) in [6.07, 6.45) is 0.890. The van der Waals surface area contributed by atoms with Crippen molar-refractivity contribution in [2.45, 2.75) is 12.8 Å². The predicted molar refractivity (Wildman–Crippen MR) is 34.6 cm³/mol. The molecule has 0 amide bonds. The Kier molecular flexibility index (Phi) is 12.2. The Morgan fingerprint density at radius 2 is 2.33 bits per heavy atom. The van der Waals surface area contributed by atoms with E-state index in [0.29, 0.717) is 6.42 Å². The van der Waals surface area contributed by atoms with E-state index in [1.165, 1.54) is 11.9 Å². The molecule has 0 aromatic carbocycles. The second-order valence-corrected chi connectivity index (χ2v) is 2.11. The molecule has 0 spiro atoms. The zero-order valence-corrected chi connectivity index (χ0v) is 8.28. The number of carboxylic acid groups (broad SMARTS) is 1. The van der Waals surface area contributed by atoms with Crippen LogP contribution in [0, 0.1) is 0 Å². The van der Waals surface area contributed by atoms with Crippen molar-refractivity contribution in [3.63, 3.8) is 0 Å². The van der Waals surface area contributed by atoms with Crippen molar-refractivity contribution in [3.8, 4) is 0 Å². The Morgan fingerprint density at radius 3 is 2.67 bits per heavy atom. The first-order valence-corrected chi connectivity index (χ1v) is 3.35. The van der Waals surface area contributed by atoms with E-state index in [0.717, 1.165) is 5.75 Å². The maximum Gasteiger partial charge on any atom is 1.00 e. The van der Waals surface area contributed by atoms with Gasteiger partial charge in [-0.1, -0.05) is 11.9 Å². The zero-order chi connectivity index (χ0) is 6.41. The third-order valence-corrected chi connectivity index (χ3v) is 1.18. The number of rotatable bonds is 4. The van der Waals surface area contributed by atoms with Crippen LogP contribution in [0.4, 0.5) is 0 Å². The number of aliphatic carboxylic acids is 1. The molecule has 0 atom stereocenters. The van der Waals surface area contributed by atoms with Gasteiger partial charge in [0.15, 0.2) is 0 Å². The summed E-state index contributed by atoms with van der Waals surface area (Å²) in [6.45, 7) is 0. The van der Waals surface area contributed by atoms with Crippen LogP contribution < -0.4 is 34.7 Å². The molecule has 0 aromatic rings. The third kappa shape index (κ3) is 12.1. The van der Waals surface area contributed by atoms with Gasteiger partial charge in [-0.05, 0) is 6.42 Å². The van der Waals surface area contributed by atoms with E-state index < -0.39 is 5.97 Å². The quantitative estimate of drug-likeness (QED) is 0.272. The Hall–Kier alpha value is 0.780. The molecule has 0 aliphatic rings. The van der Waals surface area contributed by atoms with Crippen LogP contribution >= 0.6 is 11.9 Å². The number of carboxylic acids is 1. The van der Waals surface area contributed by atoms with Crippen LogP contribution in [-0.2, 0) is 4.79 Å². The standard InChI is InChI=1S/C4H9NO2S.Na.H/c5-8-3-1-2-4(6)7;;/h1-3,5H2,(H,6,7);;/q;+1;-1. The second kappa shape index (κ2) is 8.78. The molecule has 5 heteroatoms. The summed E-state index contributed by atoms with van der Waals surface area (Å²) in [6, 6.07) is 0. The molecule has 0 radical (unpaired) electrons. The zero-order valence-electron chi connectivity index (χ0n) is 6.46. The van der Waals surface area contributed by atoms with E-state index in [-0.39, 0.29) is 37.4 Å². The summed E-state index contributed by atoms with van der Waals surface area (Å²) in [7, 11) is 0. The summed E-state index contributed by atoms with van der Waals surface area (Å²) >= 11 is 1.18. The average molecular weight is 159 g/mol. The van der Waals surface area contributed by atoms with E-state index in [2.05, 4.69) is 0 Å². The summed E-state index contributed by atoms with van der Waals surface area (Å²) < 4.78 is 0. The smallest absolute Gasteiger partial charge is 1.00 e. The largest absolute Gasteiger partial charge is 1.00 e. The molecule has 0 aromatic heterocycles. The maximum absolute atomic E-state index is 9.82. The van der Waals surface area contributed by atoms with E-state index >= 15 is 0 Å². The number of carbonyl (C=O) groups is 1. The van der Waals surface area contributed by atoms with Crippen molar-refractivity contribution < 1.29 is 40.9 Å². The van der Waals surface area contributed by atoms with E-state index in [4.69, 9.17) is 10.2 Å². The monoisotopic (exact) mass is 159 g/mol. The first-order chi connectivity index (χ1) is 3.77. The van der Waals surface area contributed by atoms with Gasteiger partial charge in [0.25, 0.3) is 0 Å². The van der Waals surface area contributed by atoms with Crippen molar-refractivity contribution in [1.82, 2.24) is 0 Å². The fourth-order valence-corrected chi connectivity index (χ4v) is 0.618. The van der Waals surface area contributed by atoms with Gasteiger partial charge in [0.1, 0.15) is 0 Å². The van der Waals surface area contributed by atoms with Gasteiger partial charge in [-0.2, -0.15) is 0 Å². The Bertz CT molecular complexity index is 85.7. The molecule has 0 saturated heterocycles. The summed E-state index contributed by atoms with van der Waals surface area (Å²) in [5, 5.41) is 13.1. The number of nitrogens with two attached hydrogens (primary N) is 1. The van der Waals surface area contributed by atoms with Crippen LogP contribution in [0.5, 0.6) is 0 Å². The van der Waals surface area contributed by atoms with Gasteiger partial charge in [0, 0.05) is 12.2 Å². The SMILES string of the molecule is NSCCCC(=O)O.[H-].[Na+]. The van der Waals surface area contributed by atoms with Gasteiger partial charge in [0.2, 0.25) is 0 Å². The third-order valence-electron chi connectivity index (χ3n) is 0.653. The van der Waals surface area contributed by atoms with Crippen molar-refractivity contribution in [3.05, 3.63) is 0 Å². The fraction of sp³-hybridized carbons (Fsp3) is 0.750. The van der Waals surface area contributed by atoms with Gasteiger partial charge in [0.05, 0.1) is 0 Å². The maximum atomic E-state index is 9.82. The molecule has 0 aliphatic carbocycles. The van der Waals surface area contributed by atoms with Crippen LogP contribution in [-0.4, -0.2) is 16.8 Å². The van der Waals surface area contributed by atoms with Crippen LogP contribution in [0.1, 0.15) is 14.3 Å². The molecule has 9 heavy (non-hydrogen) atoms. The first-order valence-electron chi connectivity index (χ1n) is 2.31. The van der Waals surface area contributed by atoms with Crippen LogP contribution in [0.15, 0.2) is 0 Å². The minimum Gasteiger partial charge on any atom is -1.00 e. The molecule has 0 saturated carbocycles. The summed E-state index contributed by atoms with van der Waals surface area (Å²) in [5.74, 6) is -0.0224. The molecule has 0 unspecified atom stereocenters. The fourth-order valence-electron chi connectivity index (χ4n) is 0.307. The Morgan fingerprint density at radius 1 is 1.78 bits per heavy atom. The summed E-state index contributed by atoms with van der Waals surface area (Å²) in [4.78, 5) is 9.82. The normalized spacial score (nSPS) is 8.11. The molecular weight excluding hydrogens is 149 g/mol. The van der Waals surface area contributed by atoms with Gasteiger partial charge in [-0.15, -0.1) is 0 Å². The topological polar surface area (TPSA) is 63.3 Å². The van der Waals surface area contributed by atoms with Gasteiger partial charge in [-0.25, -0.2) is 0 Å². The first kappa shape index (κ1) is 12.5. The van der Waals surface area contributed by atoms with E-state index in [1.807, 2.05) is 0 Å². The number of hydrogen-bond donors (Lipinski definition) is 2. The molecule has 0 heterocycles. The molecule has 0 rings (SSSR count). The molecule has 0 fully saturated rings. The average Bonchev–Trinajstić information content (AvgIpc) is 1.66. The minimum absolute atomic E-state index is 0. The van der Waals surface area contributed by atoms with Crippen molar-refractivity contribution in [2.75, 3.05) is 5.75 Å². The Labute approximate surface area is 82.3 Å². The van der Waals surface area contributed by atoms with Crippen LogP contribution in [0.2, 0.25) is 0 Å². The van der Waals surface area contributed by atoms with Crippen LogP contribution in [0.3, 0.4) is 0 Å². The minimum atomic E-state index is -0.751. The Balaban J connectivity index is -0.000000245. The van der Waals surface area contributed by atoms with E-state index in [9.17, 15) is 4.79 Å². The van der Waals surface area contributed by atoms with Crippen molar-refractivity contribution in [2.24, 2.45) is 5.14 Å². The molecule has 0 bridgehead atoms. The van der Waals surface area contributed by atoms with Gasteiger partial charge < -0.3 is 6.53 Å². The van der Waals surface area contributed by atoms with Crippen molar-refractivity contribution in [1.29, 1.82) is 0 Å². The van der Waals surface area contributed by atoms with Crippen LogP contribution in [0.25, 0.3) is 0 Å². The molecule has 3 N–H and O–H groups in total. The summed E-state index contributed by atoms with van der Waals surface area (Å²) in [5.41, 5.74) is 0. The molecular formula is C4H10NNaO2S. The van der Waals surface area contributed by atoms with Gasteiger partial charge in [-0.3, -0.25) is 9.93 Å². The predicted octanol–water partition coefficient (Wildman–Crippen LogP) is -2.43. The van der Waals surface area contributed by atoms with Gasteiger partial charge >= 0.3 is 35.5 Å².